The molecule has 2 rings (SSSR count). The molecule has 14 heavy (non-hydrogen) atoms. The molecule has 0 bridgehead atoms. The van der Waals surface area contributed by atoms with E-state index in [4.69, 9.17) is 16.3 Å². The van der Waals surface area contributed by atoms with Gasteiger partial charge in [0, 0.05) is 6.42 Å². The molecule has 0 aromatic heterocycles. The standard InChI is InChI=1S/C11H11ClO2/c1-7-2-3-8-5-9(6-12)14-11(13)10(8)4-7/h2-4,9H,5-6H2,1H3/t9-/m0/s1. The molecule has 1 aromatic carbocycles. The van der Waals surface area contributed by atoms with Gasteiger partial charge in [0.15, 0.2) is 0 Å². The first-order valence-electron chi connectivity index (χ1n) is 4.57. The Morgan fingerprint density at radius 3 is 3.07 bits per heavy atom. The van der Waals surface area contributed by atoms with Crippen molar-refractivity contribution in [3.8, 4) is 0 Å². The number of benzene rings is 1. The van der Waals surface area contributed by atoms with Crippen molar-refractivity contribution in [3.05, 3.63) is 34.9 Å². The minimum Gasteiger partial charge on any atom is -0.457 e. The third kappa shape index (κ3) is 1.62. The summed E-state index contributed by atoms with van der Waals surface area (Å²) < 4.78 is 5.15. The monoisotopic (exact) mass is 210 g/mol. The van der Waals surface area contributed by atoms with Crippen LogP contribution in [0.15, 0.2) is 18.2 Å². The van der Waals surface area contributed by atoms with Gasteiger partial charge < -0.3 is 4.74 Å². The average Bonchev–Trinajstić information content (AvgIpc) is 2.19. The summed E-state index contributed by atoms with van der Waals surface area (Å²) in [6.07, 6.45) is 0.560. The van der Waals surface area contributed by atoms with Crippen LogP contribution in [0.5, 0.6) is 0 Å². The topological polar surface area (TPSA) is 26.3 Å². The molecule has 3 heteroatoms. The second-order valence-corrected chi connectivity index (χ2v) is 3.85. The van der Waals surface area contributed by atoms with Gasteiger partial charge in [0.05, 0.1) is 11.4 Å². The van der Waals surface area contributed by atoms with Crippen LogP contribution in [0.1, 0.15) is 21.5 Å². The van der Waals surface area contributed by atoms with E-state index in [0.29, 0.717) is 11.4 Å². The van der Waals surface area contributed by atoms with Crippen LogP contribution in [0.4, 0.5) is 0 Å². The van der Waals surface area contributed by atoms with Crippen molar-refractivity contribution in [1.82, 2.24) is 0 Å². The van der Waals surface area contributed by atoms with Crippen molar-refractivity contribution in [2.24, 2.45) is 0 Å². The maximum Gasteiger partial charge on any atom is 0.338 e. The highest BCUT2D eigenvalue weighted by Crippen LogP contribution is 2.22. The minimum absolute atomic E-state index is 0.167. The van der Waals surface area contributed by atoms with E-state index >= 15 is 0 Å². The number of rotatable bonds is 1. The number of esters is 1. The molecule has 74 valence electrons. The fraction of sp³-hybridized carbons (Fsp3) is 0.364. The maximum absolute atomic E-state index is 11.5. The molecule has 0 aliphatic carbocycles. The van der Waals surface area contributed by atoms with Gasteiger partial charge in [-0.3, -0.25) is 0 Å². The Balaban J connectivity index is 2.40. The largest absolute Gasteiger partial charge is 0.457 e. The summed E-state index contributed by atoms with van der Waals surface area (Å²) in [4.78, 5) is 11.5. The smallest absolute Gasteiger partial charge is 0.338 e. The number of hydrogen-bond donors (Lipinski definition) is 0. The lowest BCUT2D eigenvalue weighted by atomic mass is 9.97. The molecule has 1 aliphatic rings. The van der Waals surface area contributed by atoms with Gasteiger partial charge in [-0.15, -0.1) is 11.6 Å². The van der Waals surface area contributed by atoms with E-state index in [-0.39, 0.29) is 12.1 Å². The number of alkyl halides is 1. The molecular formula is C11H11ClO2. The molecule has 1 heterocycles. The van der Waals surface area contributed by atoms with E-state index in [2.05, 4.69) is 0 Å². The zero-order valence-corrected chi connectivity index (χ0v) is 8.67. The minimum atomic E-state index is -0.249. The normalized spacial score (nSPS) is 20.1. The van der Waals surface area contributed by atoms with Crippen LogP contribution >= 0.6 is 11.6 Å². The van der Waals surface area contributed by atoms with Crippen molar-refractivity contribution >= 4 is 17.6 Å². The average molecular weight is 211 g/mol. The van der Waals surface area contributed by atoms with Gasteiger partial charge in [0.2, 0.25) is 0 Å². The maximum atomic E-state index is 11.5. The number of carbonyl (C=O) groups is 1. The van der Waals surface area contributed by atoms with Crippen molar-refractivity contribution in [3.63, 3.8) is 0 Å². The van der Waals surface area contributed by atoms with Gasteiger partial charge in [0.1, 0.15) is 6.10 Å². The van der Waals surface area contributed by atoms with Crippen molar-refractivity contribution in [2.45, 2.75) is 19.4 Å². The molecule has 1 atom stereocenters. The van der Waals surface area contributed by atoms with E-state index in [1.165, 1.54) is 0 Å². The van der Waals surface area contributed by atoms with Crippen LogP contribution in [0.3, 0.4) is 0 Å². The Labute approximate surface area is 87.8 Å². The van der Waals surface area contributed by atoms with E-state index < -0.39 is 0 Å². The van der Waals surface area contributed by atoms with E-state index in [1.54, 1.807) is 0 Å². The molecule has 0 N–H and O–H groups in total. The molecule has 0 radical (unpaired) electrons. The van der Waals surface area contributed by atoms with E-state index in [1.807, 2.05) is 25.1 Å². The number of hydrogen-bond acceptors (Lipinski definition) is 2. The Bertz CT molecular complexity index is 374. The van der Waals surface area contributed by atoms with Crippen molar-refractivity contribution in [1.29, 1.82) is 0 Å². The predicted octanol–water partition coefficient (Wildman–Crippen LogP) is 2.32. The van der Waals surface area contributed by atoms with Crippen molar-refractivity contribution < 1.29 is 9.53 Å². The Kier molecular flexibility index (Phi) is 2.46. The Hall–Kier alpha value is -1.02. The molecule has 1 aliphatic heterocycles. The third-order valence-electron chi connectivity index (χ3n) is 2.38. The molecule has 0 fully saturated rings. The van der Waals surface area contributed by atoms with Gasteiger partial charge in [-0.05, 0) is 18.6 Å². The third-order valence-corrected chi connectivity index (χ3v) is 2.72. The Morgan fingerprint density at radius 1 is 1.57 bits per heavy atom. The number of halogens is 1. The van der Waals surface area contributed by atoms with Gasteiger partial charge in [-0.1, -0.05) is 17.7 Å². The highest BCUT2D eigenvalue weighted by molar-refractivity contribution is 6.18. The van der Waals surface area contributed by atoms with Gasteiger partial charge >= 0.3 is 5.97 Å². The first-order valence-corrected chi connectivity index (χ1v) is 5.10. The number of ether oxygens (including phenoxy) is 1. The van der Waals surface area contributed by atoms with Crippen LogP contribution in [-0.2, 0) is 11.2 Å². The second kappa shape index (κ2) is 3.62. The number of fused-ring (bicyclic) bond motifs is 1. The van der Waals surface area contributed by atoms with Crippen LogP contribution < -0.4 is 0 Å². The van der Waals surface area contributed by atoms with Crippen LogP contribution in [0, 0.1) is 6.92 Å². The van der Waals surface area contributed by atoms with Crippen LogP contribution in [0.2, 0.25) is 0 Å². The van der Waals surface area contributed by atoms with Gasteiger partial charge in [-0.2, -0.15) is 0 Å². The first-order chi connectivity index (χ1) is 6.70. The zero-order chi connectivity index (χ0) is 10.1. The molecule has 2 nitrogen and oxygen atoms in total. The summed E-state index contributed by atoms with van der Waals surface area (Å²) in [5.74, 6) is 0.111. The SMILES string of the molecule is Cc1ccc2c(c1)C(=O)O[C@H](CCl)C2. The van der Waals surface area contributed by atoms with E-state index in [9.17, 15) is 4.79 Å². The Morgan fingerprint density at radius 2 is 2.36 bits per heavy atom. The summed E-state index contributed by atoms with van der Waals surface area (Å²) in [6.45, 7) is 1.96. The van der Waals surface area contributed by atoms with Crippen molar-refractivity contribution in [2.75, 3.05) is 5.88 Å². The molecular weight excluding hydrogens is 200 g/mol. The summed E-state index contributed by atoms with van der Waals surface area (Å²) in [7, 11) is 0. The number of aryl methyl sites for hydroxylation is 1. The predicted molar refractivity (Wildman–Crippen MR) is 54.8 cm³/mol. The van der Waals surface area contributed by atoms with Crippen LogP contribution in [-0.4, -0.2) is 18.0 Å². The quantitative estimate of drug-likeness (QED) is 0.525. The lowest BCUT2D eigenvalue weighted by Gasteiger charge is -2.23. The molecule has 0 saturated heterocycles. The molecule has 0 spiro atoms. The highest BCUT2D eigenvalue weighted by atomic mass is 35.5. The number of cyclic esters (lactones) is 1. The van der Waals surface area contributed by atoms with Gasteiger partial charge in [-0.25, -0.2) is 4.79 Å². The molecule has 1 aromatic rings. The summed E-state index contributed by atoms with van der Waals surface area (Å²) >= 11 is 5.67. The first kappa shape index (κ1) is 9.53. The zero-order valence-electron chi connectivity index (χ0n) is 7.92. The fourth-order valence-corrected chi connectivity index (χ4v) is 1.82. The molecule has 0 saturated carbocycles. The summed E-state index contributed by atoms with van der Waals surface area (Å²) in [6, 6.07) is 5.84. The summed E-state index contributed by atoms with van der Waals surface area (Å²) in [5, 5.41) is 0. The molecule has 0 unspecified atom stereocenters. The summed E-state index contributed by atoms with van der Waals surface area (Å²) in [5.41, 5.74) is 2.80. The number of carbonyl (C=O) groups excluding carboxylic acids is 1. The lowest BCUT2D eigenvalue weighted by molar-refractivity contribution is 0.0308. The second-order valence-electron chi connectivity index (χ2n) is 3.55. The fourth-order valence-electron chi connectivity index (χ4n) is 1.65. The highest BCUT2D eigenvalue weighted by Gasteiger charge is 2.25. The van der Waals surface area contributed by atoms with Gasteiger partial charge in [0.25, 0.3) is 0 Å². The molecule has 0 amide bonds. The van der Waals surface area contributed by atoms with Crippen LogP contribution in [0.25, 0.3) is 0 Å². The lowest BCUT2D eigenvalue weighted by Crippen LogP contribution is -2.28. The van der Waals surface area contributed by atoms with E-state index in [0.717, 1.165) is 17.5 Å².